The summed E-state index contributed by atoms with van der Waals surface area (Å²) in [6.45, 7) is 2.44. The van der Waals surface area contributed by atoms with Crippen LogP contribution in [0.15, 0.2) is 53.0 Å². The van der Waals surface area contributed by atoms with Crippen LogP contribution < -0.4 is 5.73 Å². The molecule has 0 saturated heterocycles. The lowest BCUT2D eigenvalue weighted by Crippen LogP contribution is -2.18. The van der Waals surface area contributed by atoms with Gasteiger partial charge in [0.1, 0.15) is 0 Å². The molecule has 0 aliphatic rings. The third-order valence-electron chi connectivity index (χ3n) is 3.12. The van der Waals surface area contributed by atoms with Crippen LogP contribution in [0.25, 0.3) is 0 Å². The van der Waals surface area contributed by atoms with E-state index in [1.54, 1.807) is 0 Å². The summed E-state index contributed by atoms with van der Waals surface area (Å²) in [6, 6.07) is 16.8. The topological polar surface area (TPSA) is 29.3 Å². The summed E-state index contributed by atoms with van der Waals surface area (Å²) >= 11 is 3.51. The average Bonchev–Trinajstić information content (AvgIpc) is 2.39. The van der Waals surface area contributed by atoms with Crippen molar-refractivity contribution < 1.29 is 0 Å². The van der Waals surface area contributed by atoms with Crippen LogP contribution in [0.4, 0.5) is 0 Å². The van der Waals surface area contributed by atoms with Crippen molar-refractivity contribution in [3.05, 3.63) is 69.7 Å². The van der Waals surface area contributed by atoms with Gasteiger partial charge in [0.05, 0.1) is 0 Å². The molecule has 0 radical (unpaired) electrons. The number of halogens is 1. The Bertz CT molecular complexity index is 540. The molecule has 2 aromatic carbocycles. The lowest BCUT2D eigenvalue weighted by molar-refractivity contribution is 0.318. The maximum atomic E-state index is 5.77. The lowest BCUT2D eigenvalue weighted by Gasteiger charge is -2.18. The molecule has 0 saturated carbocycles. The molecule has 0 amide bonds. The first-order valence-corrected chi connectivity index (χ1v) is 7.18. The fourth-order valence-electron chi connectivity index (χ4n) is 2.20. The quantitative estimate of drug-likeness (QED) is 0.913. The molecule has 0 unspecified atom stereocenters. The highest BCUT2D eigenvalue weighted by atomic mass is 79.9. The van der Waals surface area contributed by atoms with Gasteiger partial charge < -0.3 is 5.73 Å². The fourth-order valence-corrected chi connectivity index (χ4v) is 2.65. The SMILES string of the molecule is CN(Cc1cccc(Br)c1)Cc1ccccc1CN. The van der Waals surface area contributed by atoms with Crippen LogP contribution in [0.2, 0.25) is 0 Å². The molecular formula is C16H19BrN2. The van der Waals surface area contributed by atoms with Crippen LogP contribution in [0.3, 0.4) is 0 Å². The monoisotopic (exact) mass is 318 g/mol. The molecular weight excluding hydrogens is 300 g/mol. The van der Waals surface area contributed by atoms with Gasteiger partial charge in [0, 0.05) is 24.1 Å². The van der Waals surface area contributed by atoms with Gasteiger partial charge in [-0.05, 0) is 35.9 Å². The Hall–Kier alpha value is -1.16. The van der Waals surface area contributed by atoms with Crippen LogP contribution in [-0.4, -0.2) is 11.9 Å². The molecule has 2 aromatic rings. The minimum atomic E-state index is 0.598. The summed E-state index contributed by atoms with van der Waals surface area (Å²) in [5.41, 5.74) is 9.61. The Morgan fingerprint density at radius 1 is 1.00 bits per heavy atom. The van der Waals surface area contributed by atoms with Crippen LogP contribution in [0.1, 0.15) is 16.7 Å². The van der Waals surface area contributed by atoms with Gasteiger partial charge in [-0.2, -0.15) is 0 Å². The van der Waals surface area contributed by atoms with Crippen LogP contribution in [0.5, 0.6) is 0 Å². The first-order valence-electron chi connectivity index (χ1n) is 6.39. The fraction of sp³-hybridized carbons (Fsp3) is 0.250. The van der Waals surface area contributed by atoms with E-state index in [0.29, 0.717) is 6.54 Å². The second kappa shape index (κ2) is 6.85. The standard InChI is InChI=1S/C16H19BrN2/c1-19(11-13-5-4-8-16(17)9-13)12-15-7-3-2-6-14(15)10-18/h2-9H,10-12,18H2,1H3. The smallest absolute Gasteiger partial charge is 0.0237 e. The second-order valence-electron chi connectivity index (χ2n) is 4.78. The average molecular weight is 319 g/mol. The molecule has 0 bridgehead atoms. The summed E-state index contributed by atoms with van der Waals surface area (Å²) in [4.78, 5) is 2.30. The van der Waals surface area contributed by atoms with Crippen molar-refractivity contribution in [2.75, 3.05) is 7.05 Å². The number of nitrogens with two attached hydrogens (primary N) is 1. The highest BCUT2D eigenvalue weighted by Gasteiger charge is 2.05. The molecule has 0 aliphatic heterocycles. The highest BCUT2D eigenvalue weighted by Crippen LogP contribution is 2.15. The van der Waals surface area contributed by atoms with E-state index in [2.05, 4.69) is 64.3 Å². The largest absolute Gasteiger partial charge is 0.326 e. The molecule has 0 spiro atoms. The minimum Gasteiger partial charge on any atom is -0.326 e. The van der Waals surface area contributed by atoms with Gasteiger partial charge in [0.25, 0.3) is 0 Å². The maximum absolute atomic E-state index is 5.77. The zero-order valence-electron chi connectivity index (χ0n) is 11.1. The highest BCUT2D eigenvalue weighted by molar-refractivity contribution is 9.10. The zero-order chi connectivity index (χ0) is 13.7. The third-order valence-corrected chi connectivity index (χ3v) is 3.61. The van der Waals surface area contributed by atoms with E-state index in [-0.39, 0.29) is 0 Å². The van der Waals surface area contributed by atoms with E-state index in [9.17, 15) is 0 Å². The number of nitrogens with zero attached hydrogens (tertiary/aromatic N) is 1. The predicted octanol–water partition coefficient (Wildman–Crippen LogP) is 3.54. The van der Waals surface area contributed by atoms with Crippen LogP contribution >= 0.6 is 15.9 Å². The number of hydrogen-bond acceptors (Lipinski definition) is 2. The van der Waals surface area contributed by atoms with E-state index in [1.165, 1.54) is 16.7 Å². The number of hydrogen-bond donors (Lipinski definition) is 1. The third kappa shape index (κ3) is 4.16. The Labute approximate surface area is 123 Å². The molecule has 2 N–H and O–H groups in total. The normalized spacial score (nSPS) is 10.9. The van der Waals surface area contributed by atoms with Gasteiger partial charge in [-0.3, -0.25) is 4.90 Å². The van der Waals surface area contributed by atoms with Crippen LogP contribution in [-0.2, 0) is 19.6 Å². The maximum Gasteiger partial charge on any atom is 0.0237 e. The zero-order valence-corrected chi connectivity index (χ0v) is 12.7. The van der Waals surface area contributed by atoms with Crippen molar-refractivity contribution in [2.24, 2.45) is 5.73 Å². The summed E-state index contributed by atoms with van der Waals surface area (Å²) in [6.07, 6.45) is 0. The molecule has 2 nitrogen and oxygen atoms in total. The van der Waals surface area contributed by atoms with Crippen molar-refractivity contribution in [1.82, 2.24) is 4.90 Å². The van der Waals surface area contributed by atoms with E-state index >= 15 is 0 Å². The van der Waals surface area contributed by atoms with Gasteiger partial charge in [-0.1, -0.05) is 52.3 Å². The summed E-state index contributed by atoms with van der Waals surface area (Å²) < 4.78 is 1.13. The van der Waals surface area contributed by atoms with Crippen molar-refractivity contribution >= 4 is 15.9 Å². The predicted molar refractivity (Wildman–Crippen MR) is 83.6 cm³/mol. The van der Waals surface area contributed by atoms with Crippen LogP contribution in [0, 0.1) is 0 Å². The molecule has 0 atom stereocenters. The van der Waals surface area contributed by atoms with Crippen molar-refractivity contribution in [2.45, 2.75) is 19.6 Å². The van der Waals surface area contributed by atoms with Crippen molar-refractivity contribution in [3.63, 3.8) is 0 Å². The Kier molecular flexibility index (Phi) is 5.14. The first-order chi connectivity index (χ1) is 9.19. The number of rotatable bonds is 5. The van der Waals surface area contributed by atoms with E-state index in [1.807, 2.05) is 12.1 Å². The lowest BCUT2D eigenvalue weighted by atomic mass is 10.1. The van der Waals surface area contributed by atoms with E-state index in [4.69, 9.17) is 5.73 Å². The number of benzene rings is 2. The molecule has 19 heavy (non-hydrogen) atoms. The summed E-state index contributed by atoms with van der Waals surface area (Å²) in [7, 11) is 2.13. The minimum absolute atomic E-state index is 0.598. The molecule has 0 fully saturated rings. The summed E-state index contributed by atoms with van der Waals surface area (Å²) in [5.74, 6) is 0. The summed E-state index contributed by atoms with van der Waals surface area (Å²) in [5, 5.41) is 0. The first kappa shape index (κ1) is 14.3. The Balaban J connectivity index is 2.03. The van der Waals surface area contributed by atoms with Gasteiger partial charge >= 0.3 is 0 Å². The molecule has 0 heterocycles. The van der Waals surface area contributed by atoms with Gasteiger partial charge in [-0.25, -0.2) is 0 Å². The van der Waals surface area contributed by atoms with Gasteiger partial charge in [0.15, 0.2) is 0 Å². The molecule has 100 valence electrons. The Morgan fingerprint density at radius 3 is 2.42 bits per heavy atom. The van der Waals surface area contributed by atoms with E-state index < -0.39 is 0 Å². The molecule has 0 aromatic heterocycles. The second-order valence-corrected chi connectivity index (χ2v) is 5.69. The van der Waals surface area contributed by atoms with Crippen molar-refractivity contribution in [1.29, 1.82) is 0 Å². The van der Waals surface area contributed by atoms with Gasteiger partial charge in [-0.15, -0.1) is 0 Å². The van der Waals surface area contributed by atoms with E-state index in [0.717, 1.165) is 17.6 Å². The van der Waals surface area contributed by atoms with Gasteiger partial charge in [0.2, 0.25) is 0 Å². The van der Waals surface area contributed by atoms with Crippen molar-refractivity contribution in [3.8, 4) is 0 Å². The Morgan fingerprint density at radius 2 is 1.74 bits per heavy atom. The molecule has 3 heteroatoms. The molecule has 0 aliphatic carbocycles. The molecule has 2 rings (SSSR count).